The van der Waals surface area contributed by atoms with Crippen LogP contribution in [0.3, 0.4) is 0 Å². The van der Waals surface area contributed by atoms with Crippen LogP contribution >= 0.6 is 0 Å². The number of rotatable bonds is 6. The highest BCUT2D eigenvalue weighted by atomic mass is 16.5. The smallest absolute Gasteiger partial charge is 0.432 e. The number of carboxylic acid groups (broad SMARTS) is 1. The Labute approximate surface area is 106 Å². The molecule has 0 aromatic carbocycles. The summed E-state index contributed by atoms with van der Waals surface area (Å²) in [6.07, 6.45) is 6.93. The number of hydrogen-bond donors (Lipinski definition) is 1. The van der Waals surface area contributed by atoms with E-state index in [4.69, 9.17) is 9.84 Å². The molecule has 0 radical (unpaired) electrons. The quantitative estimate of drug-likeness (QED) is 0.842. The van der Waals surface area contributed by atoms with E-state index in [1.165, 1.54) is 31.9 Å². The van der Waals surface area contributed by atoms with Crippen LogP contribution in [0.4, 0.5) is 4.79 Å². The van der Waals surface area contributed by atoms with E-state index in [0.29, 0.717) is 12.5 Å². The van der Waals surface area contributed by atoms with Crippen LogP contribution in [-0.2, 0) is 0 Å². The summed E-state index contributed by atoms with van der Waals surface area (Å²) < 4.78 is 6.40. The van der Waals surface area contributed by atoms with Gasteiger partial charge in [-0.05, 0) is 49.9 Å². The minimum Gasteiger partial charge on any atom is -0.477 e. The van der Waals surface area contributed by atoms with E-state index < -0.39 is 6.09 Å². The second-order valence-corrected chi connectivity index (χ2v) is 5.36. The largest absolute Gasteiger partial charge is 0.477 e. The van der Waals surface area contributed by atoms with Gasteiger partial charge in [-0.2, -0.15) is 4.68 Å². The molecule has 0 atom stereocenters. The molecule has 2 saturated carbocycles. The first kappa shape index (κ1) is 11.6. The maximum absolute atomic E-state index is 10.6. The van der Waals surface area contributed by atoms with E-state index in [9.17, 15) is 4.79 Å². The number of hydrogen-bond acceptors (Lipinski definition) is 3. The average Bonchev–Trinajstić information content (AvgIpc) is 3.25. The standard InChI is InChI=1S/C13H18N2O3/c16-13(17)15-7-5-12(14-15)18-8-6-11(9-1-2-9)10-3-4-10/h5,7,9-11H,1-4,6,8H2,(H,16,17). The second kappa shape index (κ2) is 4.63. The molecule has 5 heteroatoms. The van der Waals surface area contributed by atoms with Crippen LogP contribution in [0, 0.1) is 17.8 Å². The van der Waals surface area contributed by atoms with Crippen molar-refractivity contribution in [1.82, 2.24) is 9.78 Å². The molecule has 1 N–H and O–H groups in total. The van der Waals surface area contributed by atoms with Gasteiger partial charge in [0.25, 0.3) is 0 Å². The van der Waals surface area contributed by atoms with Crippen LogP contribution in [0.2, 0.25) is 0 Å². The number of nitrogens with zero attached hydrogens (tertiary/aromatic N) is 2. The predicted molar refractivity (Wildman–Crippen MR) is 64.7 cm³/mol. The molecule has 18 heavy (non-hydrogen) atoms. The Balaban J connectivity index is 1.46. The van der Waals surface area contributed by atoms with Crippen molar-refractivity contribution in [2.75, 3.05) is 6.61 Å². The molecule has 0 bridgehead atoms. The molecule has 0 saturated heterocycles. The Hall–Kier alpha value is -1.52. The number of aromatic nitrogens is 2. The van der Waals surface area contributed by atoms with Crippen LogP contribution < -0.4 is 4.74 Å². The minimum absolute atomic E-state index is 0.405. The first-order chi connectivity index (χ1) is 8.74. The molecule has 0 spiro atoms. The van der Waals surface area contributed by atoms with Gasteiger partial charge in [-0.3, -0.25) is 0 Å². The minimum atomic E-state index is -1.08. The lowest BCUT2D eigenvalue weighted by Crippen LogP contribution is -2.12. The highest BCUT2D eigenvalue weighted by molar-refractivity contribution is 5.66. The molecule has 98 valence electrons. The van der Waals surface area contributed by atoms with E-state index in [1.807, 2.05) is 0 Å². The monoisotopic (exact) mass is 250 g/mol. The Bertz CT molecular complexity index is 423. The van der Waals surface area contributed by atoms with Gasteiger partial charge < -0.3 is 9.84 Å². The number of ether oxygens (including phenoxy) is 1. The summed E-state index contributed by atoms with van der Waals surface area (Å²) in [4.78, 5) is 10.6. The predicted octanol–water partition coefficient (Wildman–Crippen LogP) is 2.61. The molecule has 2 aliphatic rings. The Kier molecular flexibility index (Phi) is 2.97. The fourth-order valence-electron chi connectivity index (χ4n) is 2.70. The van der Waals surface area contributed by atoms with Gasteiger partial charge in [0.2, 0.25) is 5.88 Å². The van der Waals surface area contributed by atoms with E-state index in [2.05, 4.69) is 5.10 Å². The second-order valence-electron chi connectivity index (χ2n) is 5.36. The number of carbonyl (C=O) groups is 1. The highest BCUT2D eigenvalue weighted by Crippen LogP contribution is 2.50. The SMILES string of the molecule is O=C(O)n1ccc(OCCC(C2CC2)C2CC2)n1. The van der Waals surface area contributed by atoms with Crippen molar-refractivity contribution in [2.24, 2.45) is 17.8 Å². The molecule has 0 unspecified atom stereocenters. The summed E-state index contributed by atoms with van der Waals surface area (Å²) in [6, 6.07) is 1.59. The van der Waals surface area contributed by atoms with Gasteiger partial charge in [0.15, 0.2) is 0 Å². The van der Waals surface area contributed by atoms with E-state index in [1.54, 1.807) is 6.07 Å². The first-order valence-electron chi connectivity index (χ1n) is 6.66. The summed E-state index contributed by atoms with van der Waals surface area (Å²) in [5.74, 6) is 3.09. The molecule has 2 fully saturated rings. The summed E-state index contributed by atoms with van der Waals surface area (Å²) in [5, 5.41) is 12.5. The van der Waals surface area contributed by atoms with Crippen LogP contribution in [-0.4, -0.2) is 27.6 Å². The highest BCUT2D eigenvalue weighted by Gasteiger charge is 2.40. The molecule has 1 aromatic heterocycles. The van der Waals surface area contributed by atoms with Gasteiger partial charge >= 0.3 is 6.09 Å². The molecule has 0 amide bonds. The molecule has 5 nitrogen and oxygen atoms in total. The summed E-state index contributed by atoms with van der Waals surface area (Å²) >= 11 is 0. The third-order valence-corrected chi connectivity index (χ3v) is 3.92. The van der Waals surface area contributed by atoms with Crippen molar-refractivity contribution in [1.29, 1.82) is 0 Å². The molecule has 1 aromatic rings. The zero-order valence-electron chi connectivity index (χ0n) is 10.3. The van der Waals surface area contributed by atoms with E-state index in [0.717, 1.165) is 28.9 Å². The summed E-state index contributed by atoms with van der Waals surface area (Å²) in [5.41, 5.74) is 0. The normalized spacial score (nSPS) is 19.2. The Morgan fingerprint density at radius 1 is 1.44 bits per heavy atom. The molecular formula is C13H18N2O3. The zero-order chi connectivity index (χ0) is 12.5. The Morgan fingerprint density at radius 3 is 2.61 bits per heavy atom. The van der Waals surface area contributed by atoms with Crippen molar-refractivity contribution in [3.05, 3.63) is 12.3 Å². The van der Waals surface area contributed by atoms with Crippen molar-refractivity contribution in [3.63, 3.8) is 0 Å². The van der Waals surface area contributed by atoms with Crippen molar-refractivity contribution < 1.29 is 14.6 Å². The van der Waals surface area contributed by atoms with Gasteiger partial charge in [0.1, 0.15) is 0 Å². The molecule has 0 aliphatic heterocycles. The summed E-state index contributed by atoms with van der Waals surface area (Å²) in [6.45, 7) is 0.647. The average molecular weight is 250 g/mol. The lowest BCUT2D eigenvalue weighted by Gasteiger charge is -2.14. The van der Waals surface area contributed by atoms with Crippen LogP contribution in [0.25, 0.3) is 0 Å². The lowest BCUT2D eigenvalue weighted by atomic mass is 9.95. The van der Waals surface area contributed by atoms with Gasteiger partial charge in [-0.1, -0.05) is 0 Å². The van der Waals surface area contributed by atoms with Crippen LogP contribution in [0.1, 0.15) is 32.1 Å². The molecule has 1 heterocycles. The van der Waals surface area contributed by atoms with Crippen molar-refractivity contribution in [3.8, 4) is 5.88 Å². The van der Waals surface area contributed by atoms with Crippen molar-refractivity contribution >= 4 is 6.09 Å². The maximum atomic E-state index is 10.6. The fraction of sp³-hybridized carbons (Fsp3) is 0.692. The zero-order valence-corrected chi connectivity index (χ0v) is 10.3. The van der Waals surface area contributed by atoms with Gasteiger partial charge in [-0.15, -0.1) is 5.10 Å². The Morgan fingerprint density at radius 2 is 2.11 bits per heavy atom. The summed E-state index contributed by atoms with van der Waals surface area (Å²) in [7, 11) is 0. The maximum Gasteiger partial charge on any atom is 0.432 e. The van der Waals surface area contributed by atoms with Gasteiger partial charge in [-0.25, -0.2) is 4.79 Å². The fourth-order valence-corrected chi connectivity index (χ4v) is 2.70. The molecule has 3 rings (SSSR count). The van der Waals surface area contributed by atoms with Crippen LogP contribution in [0.5, 0.6) is 5.88 Å². The molecular weight excluding hydrogens is 232 g/mol. The van der Waals surface area contributed by atoms with E-state index >= 15 is 0 Å². The van der Waals surface area contributed by atoms with Crippen molar-refractivity contribution in [2.45, 2.75) is 32.1 Å². The van der Waals surface area contributed by atoms with Gasteiger partial charge in [0, 0.05) is 12.3 Å². The van der Waals surface area contributed by atoms with Crippen LogP contribution in [0.15, 0.2) is 12.3 Å². The lowest BCUT2D eigenvalue weighted by molar-refractivity contribution is 0.190. The van der Waals surface area contributed by atoms with Gasteiger partial charge in [0.05, 0.1) is 6.61 Å². The third-order valence-electron chi connectivity index (χ3n) is 3.92. The third kappa shape index (κ3) is 2.66. The molecule has 2 aliphatic carbocycles. The first-order valence-corrected chi connectivity index (χ1v) is 6.66. The topological polar surface area (TPSA) is 64.3 Å². The van der Waals surface area contributed by atoms with E-state index in [-0.39, 0.29) is 0 Å².